The third-order valence-corrected chi connectivity index (χ3v) is 7.34. The van der Waals surface area contributed by atoms with E-state index in [9.17, 15) is 5.11 Å². The zero-order valence-corrected chi connectivity index (χ0v) is 18.5. The van der Waals surface area contributed by atoms with Gasteiger partial charge in [-0.2, -0.15) is 0 Å². The highest BCUT2D eigenvalue weighted by Crippen LogP contribution is 2.30. The van der Waals surface area contributed by atoms with E-state index in [4.69, 9.17) is 0 Å². The standard InChI is InChI=1S/C24H38N4O/c1-18-19(2)25-24-21(6-4-8-22(18)24)17-27-10-9-23(20(16-27)7-5-15-29)28-13-11-26(3)12-14-28/h4,6,8,20,23,25,29H,5,7,9-17H2,1-3H3/t20-,23+/m0/s1. The number of fused-ring (bicyclic) bond motifs is 1. The molecule has 3 heterocycles. The number of aryl methyl sites for hydroxylation is 2. The van der Waals surface area contributed by atoms with Gasteiger partial charge < -0.3 is 15.0 Å². The van der Waals surface area contributed by atoms with Crippen molar-refractivity contribution in [1.82, 2.24) is 19.7 Å². The number of aromatic amines is 1. The van der Waals surface area contributed by atoms with Crippen LogP contribution in [0.15, 0.2) is 18.2 Å². The number of para-hydroxylation sites is 1. The Morgan fingerprint density at radius 1 is 1.10 bits per heavy atom. The third-order valence-electron chi connectivity index (χ3n) is 7.34. The van der Waals surface area contributed by atoms with Crippen molar-refractivity contribution in [3.05, 3.63) is 35.0 Å². The first kappa shape index (κ1) is 20.9. The summed E-state index contributed by atoms with van der Waals surface area (Å²) < 4.78 is 0. The highest BCUT2D eigenvalue weighted by Gasteiger charge is 2.34. The zero-order chi connectivity index (χ0) is 20.4. The van der Waals surface area contributed by atoms with Gasteiger partial charge in [0.05, 0.1) is 5.52 Å². The van der Waals surface area contributed by atoms with Crippen LogP contribution in [0.4, 0.5) is 0 Å². The largest absolute Gasteiger partial charge is 0.396 e. The van der Waals surface area contributed by atoms with Crippen LogP contribution in [0.5, 0.6) is 0 Å². The number of likely N-dealkylation sites (tertiary alicyclic amines) is 1. The topological polar surface area (TPSA) is 45.7 Å². The average Bonchev–Trinajstić information content (AvgIpc) is 3.02. The summed E-state index contributed by atoms with van der Waals surface area (Å²) in [5.74, 6) is 0.658. The van der Waals surface area contributed by atoms with Crippen molar-refractivity contribution in [3.8, 4) is 0 Å². The number of rotatable bonds is 6. The van der Waals surface area contributed by atoms with Gasteiger partial charge in [0, 0.05) is 63.0 Å². The molecule has 0 bridgehead atoms. The van der Waals surface area contributed by atoms with Gasteiger partial charge in [0.2, 0.25) is 0 Å². The Morgan fingerprint density at radius 3 is 2.66 bits per heavy atom. The van der Waals surface area contributed by atoms with Crippen LogP contribution in [0.2, 0.25) is 0 Å². The summed E-state index contributed by atoms with van der Waals surface area (Å²) in [6.07, 6.45) is 3.31. The fourth-order valence-corrected chi connectivity index (χ4v) is 5.43. The molecule has 4 rings (SSSR count). The summed E-state index contributed by atoms with van der Waals surface area (Å²) in [5, 5.41) is 10.8. The first-order chi connectivity index (χ1) is 14.1. The van der Waals surface area contributed by atoms with E-state index in [1.54, 1.807) is 0 Å². The number of nitrogens with zero attached hydrogens (tertiary/aromatic N) is 3. The molecular formula is C24H38N4O. The van der Waals surface area contributed by atoms with Crippen molar-refractivity contribution < 1.29 is 5.11 Å². The Balaban J connectivity index is 1.47. The molecule has 0 amide bonds. The summed E-state index contributed by atoms with van der Waals surface area (Å²) in [6.45, 7) is 12.8. The predicted octanol–water partition coefficient (Wildman–Crippen LogP) is 3.00. The van der Waals surface area contributed by atoms with E-state index in [-0.39, 0.29) is 0 Å². The molecule has 1 aromatic carbocycles. The maximum Gasteiger partial charge on any atom is 0.0504 e. The summed E-state index contributed by atoms with van der Waals surface area (Å²) >= 11 is 0. The molecule has 0 aliphatic carbocycles. The Kier molecular flexibility index (Phi) is 6.60. The molecule has 2 aliphatic heterocycles. The van der Waals surface area contributed by atoms with E-state index >= 15 is 0 Å². The maximum atomic E-state index is 9.44. The average molecular weight is 399 g/mol. The first-order valence-electron chi connectivity index (χ1n) is 11.4. The van der Waals surface area contributed by atoms with Gasteiger partial charge in [-0.15, -0.1) is 0 Å². The summed E-state index contributed by atoms with van der Waals surface area (Å²) in [5.41, 5.74) is 5.38. The fraction of sp³-hybridized carbons (Fsp3) is 0.667. The van der Waals surface area contributed by atoms with Crippen molar-refractivity contribution >= 4 is 10.9 Å². The van der Waals surface area contributed by atoms with Crippen LogP contribution in [-0.2, 0) is 6.54 Å². The molecule has 1 aromatic heterocycles. The van der Waals surface area contributed by atoms with E-state index in [0.29, 0.717) is 18.6 Å². The smallest absolute Gasteiger partial charge is 0.0504 e. The van der Waals surface area contributed by atoms with Crippen molar-refractivity contribution in [2.45, 2.75) is 45.7 Å². The summed E-state index contributed by atoms with van der Waals surface area (Å²) in [6, 6.07) is 7.41. The van der Waals surface area contributed by atoms with Crippen LogP contribution < -0.4 is 0 Å². The lowest BCUT2D eigenvalue weighted by atomic mass is 9.86. The maximum absolute atomic E-state index is 9.44. The minimum atomic E-state index is 0.312. The van der Waals surface area contributed by atoms with Crippen LogP contribution in [0.25, 0.3) is 10.9 Å². The number of aromatic nitrogens is 1. The van der Waals surface area contributed by atoms with E-state index in [2.05, 4.69) is 58.8 Å². The second kappa shape index (κ2) is 9.17. The molecule has 0 radical (unpaired) electrons. The molecule has 160 valence electrons. The van der Waals surface area contributed by atoms with Crippen LogP contribution in [-0.4, -0.2) is 83.8 Å². The van der Waals surface area contributed by atoms with E-state index in [1.807, 2.05) is 0 Å². The van der Waals surface area contributed by atoms with Gasteiger partial charge in [-0.05, 0) is 63.7 Å². The number of hydrogen-bond donors (Lipinski definition) is 2. The number of aliphatic hydroxyl groups is 1. The monoisotopic (exact) mass is 398 g/mol. The number of H-pyrrole nitrogens is 1. The molecule has 0 unspecified atom stereocenters. The Hall–Kier alpha value is -1.40. The number of nitrogens with one attached hydrogen (secondary N) is 1. The minimum Gasteiger partial charge on any atom is -0.396 e. The van der Waals surface area contributed by atoms with E-state index < -0.39 is 0 Å². The van der Waals surface area contributed by atoms with Gasteiger partial charge in [-0.3, -0.25) is 9.80 Å². The van der Waals surface area contributed by atoms with E-state index in [1.165, 1.54) is 66.9 Å². The van der Waals surface area contributed by atoms with Gasteiger partial charge in [-0.1, -0.05) is 18.2 Å². The number of aliphatic hydroxyl groups excluding tert-OH is 1. The molecule has 2 N–H and O–H groups in total. The van der Waals surface area contributed by atoms with Crippen molar-refractivity contribution in [2.75, 3.05) is 52.9 Å². The molecule has 2 fully saturated rings. The van der Waals surface area contributed by atoms with Crippen molar-refractivity contribution in [3.63, 3.8) is 0 Å². The number of piperidine rings is 1. The second-order valence-corrected chi connectivity index (χ2v) is 9.27. The molecule has 2 atom stereocenters. The summed E-state index contributed by atoms with van der Waals surface area (Å²) in [7, 11) is 2.23. The van der Waals surface area contributed by atoms with Crippen LogP contribution in [0.3, 0.4) is 0 Å². The Morgan fingerprint density at radius 2 is 1.90 bits per heavy atom. The number of hydrogen-bond acceptors (Lipinski definition) is 4. The van der Waals surface area contributed by atoms with Crippen LogP contribution in [0, 0.1) is 19.8 Å². The third kappa shape index (κ3) is 4.53. The predicted molar refractivity (Wildman–Crippen MR) is 120 cm³/mol. The molecular weight excluding hydrogens is 360 g/mol. The van der Waals surface area contributed by atoms with Crippen molar-refractivity contribution in [1.29, 1.82) is 0 Å². The molecule has 2 aliphatic rings. The Labute approximate surface area is 175 Å². The van der Waals surface area contributed by atoms with Gasteiger partial charge in [0.1, 0.15) is 0 Å². The van der Waals surface area contributed by atoms with Crippen LogP contribution >= 0.6 is 0 Å². The van der Waals surface area contributed by atoms with Gasteiger partial charge >= 0.3 is 0 Å². The minimum absolute atomic E-state index is 0.312. The van der Waals surface area contributed by atoms with Gasteiger partial charge in [0.15, 0.2) is 0 Å². The van der Waals surface area contributed by atoms with Crippen molar-refractivity contribution in [2.24, 2.45) is 5.92 Å². The molecule has 2 saturated heterocycles. The Bertz CT molecular complexity index is 809. The molecule has 0 spiro atoms. The molecule has 29 heavy (non-hydrogen) atoms. The molecule has 2 aromatic rings. The number of likely N-dealkylation sites (N-methyl/N-ethyl adjacent to an activating group) is 1. The normalized spacial score (nSPS) is 25.1. The number of piperazine rings is 1. The van der Waals surface area contributed by atoms with Crippen LogP contribution in [0.1, 0.15) is 36.1 Å². The van der Waals surface area contributed by atoms with E-state index in [0.717, 1.165) is 25.9 Å². The lowest BCUT2D eigenvalue weighted by molar-refractivity contribution is 0.0213. The van der Waals surface area contributed by atoms with Gasteiger partial charge in [-0.25, -0.2) is 0 Å². The molecule has 0 saturated carbocycles. The highest BCUT2D eigenvalue weighted by atomic mass is 16.2. The lowest BCUT2D eigenvalue weighted by Gasteiger charge is -2.46. The SMILES string of the molecule is Cc1[nH]c2c(CN3CC[C@@H](N4CCN(C)CC4)[C@@H](CCCO)C3)cccc2c1C. The summed E-state index contributed by atoms with van der Waals surface area (Å²) in [4.78, 5) is 11.4. The lowest BCUT2D eigenvalue weighted by Crippen LogP contribution is -2.56. The first-order valence-corrected chi connectivity index (χ1v) is 11.4. The zero-order valence-electron chi connectivity index (χ0n) is 18.5. The molecule has 5 nitrogen and oxygen atoms in total. The quantitative estimate of drug-likeness (QED) is 0.785. The van der Waals surface area contributed by atoms with Gasteiger partial charge in [0.25, 0.3) is 0 Å². The molecule has 5 heteroatoms. The highest BCUT2D eigenvalue weighted by molar-refractivity contribution is 5.87. The number of benzene rings is 1. The fourth-order valence-electron chi connectivity index (χ4n) is 5.43. The second-order valence-electron chi connectivity index (χ2n) is 9.27.